The highest BCUT2D eigenvalue weighted by Gasteiger charge is 2.27. The average Bonchev–Trinajstić information content (AvgIpc) is 2.55. The minimum absolute atomic E-state index is 0.0151. The van der Waals surface area contributed by atoms with E-state index in [0.29, 0.717) is 0 Å². The zero-order chi connectivity index (χ0) is 22.6. The van der Waals surface area contributed by atoms with Gasteiger partial charge in [0.05, 0.1) is 13.2 Å². The van der Waals surface area contributed by atoms with Gasteiger partial charge in [-0.25, -0.2) is 14.4 Å². The Balaban J connectivity index is 4.62. The number of alkyl carbamates (subject to hydrolysis) is 2. The van der Waals surface area contributed by atoms with Crippen LogP contribution in [0.5, 0.6) is 0 Å². The molecule has 0 aromatic carbocycles. The van der Waals surface area contributed by atoms with Gasteiger partial charge in [-0.2, -0.15) is 0 Å². The summed E-state index contributed by atoms with van der Waals surface area (Å²) in [4.78, 5) is 47.6. The van der Waals surface area contributed by atoms with E-state index >= 15 is 0 Å². The molecule has 0 rings (SSSR count). The monoisotopic (exact) mass is 416 g/mol. The maximum absolute atomic E-state index is 12.4. The summed E-state index contributed by atoms with van der Waals surface area (Å²) >= 11 is 0. The molecule has 0 aromatic heterocycles. The Bertz CT molecular complexity index is 554. The number of carbonyl (C=O) groups is 4. The van der Waals surface area contributed by atoms with Gasteiger partial charge in [-0.1, -0.05) is 27.7 Å². The van der Waals surface area contributed by atoms with Gasteiger partial charge < -0.3 is 19.5 Å². The van der Waals surface area contributed by atoms with E-state index in [1.165, 1.54) is 0 Å². The van der Waals surface area contributed by atoms with E-state index in [1.54, 1.807) is 20.8 Å². The van der Waals surface area contributed by atoms with Crippen LogP contribution in [0.1, 0.15) is 67.7 Å². The smallest absolute Gasteiger partial charge is 0.413 e. The Morgan fingerprint density at radius 1 is 0.862 bits per heavy atom. The Labute approximate surface area is 173 Å². The molecule has 0 heterocycles. The van der Waals surface area contributed by atoms with E-state index < -0.39 is 35.7 Å². The minimum Gasteiger partial charge on any atom is -0.458 e. The summed E-state index contributed by atoms with van der Waals surface area (Å²) in [6, 6.07) is -0.963. The van der Waals surface area contributed by atoms with Crippen molar-refractivity contribution in [2.24, 2.45) is 11.8 Å². The number of amides is 3. The van der Waals surface area contributed by atoms with Crippen LogP contribution in [0.15, 0.2) is 0 Å². The van der Waals surface area contributed by atoms with Gasteiger partial charge in [0.25, 0.3) is 0 Å². The molecule has 0 radical (unpaired) electrons. The van der Waals surface area contributed by atoms with E-state index in [0.717, 1.165) is 0 Å². The molecular formula is C20H36N2O7. The first-order valence-corrected chi connectivity index (χ1v) is 9.93. The van der Waals surface area contributed by atoms with E-state index in [-0.39, 0.29) is 44.3 Å². The van der Waals surface area contributed by atoms with E-state index in [1.807, 2.05) is 27.7 Å². The molecule has 29 heavy (non-hydrogen) atoms. The maximum Gasteiger partial charge on any atom is 0.413 e. The summed E-state index contributed by atoms with van der Waals surface area (Å²) < 4.78 is 15.2. The number of ether oxygens (including phenoxy) is 3. The van der Waals surface area contributed by atoms with E-state index in [2.05, 4.69) is 10.6 Å². The summed E-state index contributed by atoms with van der Waals surface area (Å²) in [5.41, 5.74) is -0.726. The topological polar surface area (TPSA) is 120 Å². The Morgan fingerprint density at radius 3 is 1.86 bits per heavy atom. The lowest BCUT2D eigenvalue weighted by Gasteiger charge is -2.24. The van der Waals surface area contributed by atoms with Gasteiger partial charge in [0.2, 0.25) is 5.91 Å². The van der Waals surface area contributed by atoms with Crippen LogP contribution >= 0.6 is 0 Å². The number of carbonyl (C=O) groups excluding carboxylic acids is 4. The largest absolute Gasteiger partial charge is 0.458 e. The van der Waals surface area contributed by atoms with Gasteiger partial charge in [-0.15, -0.1) is 0 Å². The standard InChI is InChI=1S/C20H36N2O7/c1-13(2)11-27-18(25)21-15(17(24)29-20(5,6)7)9-8-10-16(23)22-19(26)28-12-14(3)4/h13-15H,8-12H2,1-7H3,(H,21,25)(H,22,23,26)/t15-/m0/s1. The molecule has 0 saturated carbocycles. The number of hydrogen-bond donors (Lipinski definition) is 2. The molecule has 0 spiro atoms. The molecule has 0 unspecified atom stereocenters. The van der Waals surface area contributed by atoms with Crippen LogP contribution < -0.4 is 10.6 Å². The van der Waals surface area contributed by atoms with Crippen molar-refractivity contribution < 1.29 is 33.4 Å². The molecule has 9 nitrogen and oxygen atoms in total. The fraction of sp³-hybridized carbons (Fsp3) is 0.800. The second-order valence-electron chi connectivity index (χ2n) is 8.66. The summed E-state index contributed by atoms with van der Waals surface area (Å²) in [6.45, 7) is 13.1. The van der Waals surface area contributed by atoms with Crippen molar-refractivity contribution in [3.8, 4) is 0 Å². The van der Waals surface area contributed by atoms with Gasteiger partial charge >= 0.3 is 18.2 Å². The average molecular weight is 417 g/mol. The first-order valence-electron chi connectivity index (χ1n) is 9.93. The van der Waals surface area contributed by atoms with Crippen LogP contribution in [-0.4, -0.2) is 48.9 Å². The maximum atomic E-state index is 12.4. The number of rotatable bonds is 10. The van der Waals surface area contributed by atoms with Gasteiger partial charge in [0.1, 0.15) is 11.6 Å². The zero-order valence-corrected chi connectivity index (χ0v) is 18.6. The quantitative estimate of drug-likeness (QED) is 0.414. The second-order valence-corrected chi connectivity index (χ2v) is 8.66. The molecule has 1 atom stereocenters. The summed E-state index contributed by atoms with van der Waals surface area (Å²) in [5, 5.41) is 4.60. The van der Waals surface area contributed by atoms with Crippen LogP contribution in [0.3, 0.4) is 0 Å². The van der Waals surface area contributed by atoms with Crippen LogP contribution in [-0.2, 0) is 23.8 Å². The molecule has 2 N–H and O–H groups in total. The third-order valence-electron chi connectivity index (χ3n) is 3.22. The number of nitrogens with one attached hydrogen (secondary N) is 2. The Kier molecular flexibility index (Phi) is 12.0. The van der Waals surface area contributed by atoms with E-state index in [9.17, 15) is 19.2 Å². The highest BCUT2D eigenvalue weighted by atomic mass is 16.6. The zero-order valence-electron chi connectivity index (χ0n) is 18.6. The van der Waals surface area contributed by atoms with Crippen LogP contribution in [0.2, 0.25) is 0 Å². The first-order chi connectivity index (χ1) is 13.3. The predicted octanol–water partition coefficient (Wildman–Crippen LogP) is 3.16. The van der Waals surface area contributed by atoms with Crippen LogP contribution in [0.25, 0.3) is 0 Å². The molecule has 0 saturated heterocycles. The summed E-state index contributed by atoms with van der Waals surface area (Å²) in [6.07, 6.45) is -1.14. The van der Waals surface area contributed by atoms with Crippen molar-refractivity contribution >= 4 is 24.1 Å². The number of imide groups is 1. The number of esters is 1. The third-order valence-corrected chi connectivity index (χ3v) is 3.22. The SMILES string of the molecule is CC(C)COC(=O)NC(=O)CCC[C@H](NC(=O)OCC(C)C)C(=O)OC(C)(C)C. The Hall–Kier alpha value is -2.32. The molecule has 9 heteroatoms. The van der Waals surface area contributed by atoms with Crippen LogP contribution in [0, 0.1) is 11.8 Å². The highest BCUT2D eigenvalue weighted by molar-refractivity contribution is 5.91. The van der Waals surface area contributed by atoms with Gasteiger partial charge in [-0.3, -0.25) is 10.1 Å². The molecule has 0 aliphatic rings. The second kappa shape index (κ2) is 13.0. The van der Waals surface area contributed by atoms with Gasteiger partial charge in [0.15, 0.2) is 0 Å². The molecule has 0 aromatic rings. The lowest BCUT2D eigenvalue weighted by atomic mass is 10.1. The van der Waals surface area contributed by atoms with Crippen molar-refractivity contribution in [2.45, 2.75) is 79.4 Å². The van der Waals surface area contributed by atoms with Crippen molar-refractivity contribution in [1.29, 1.82) is 0 Å². The molecular weight excluding hydrogens is 380 g/mol. The molecule has 0 fully saturated rings. The van der Waals surface area contributed by atoms with Crippen molar-refractivity contribution in [3.63, 3.8) is 0 Å². The molecule has 0 aliphatic carbocycles. The molecule has 0 aliphatic heterocycles. The molecule has 168 valence electrons. The molecule has 0 bridgehead atoms. The normalized spacial score (nSPS) is 12.3. The summed E-state index contributed by atoms with van der Waals surface area (Å²) in [7, 11) is 0. The minimum atomic E-state index is -0.963. The Morgan fingerprint density at radius 2 is 1.38 bits per heavy atom. The summed E-state index contributed by atoms with van der Waals surface area (Å²) in [5.74, 6) is -0.827. The van der Waals surface area contributed by atoms with Crippen molar-refractivity contribution in [3.05, 3.63) is 0 Å². The third kappa shape index (κ3) is 15.3. The highest BCUT2D eigenvalue weighted by Crippen LogP contribution is 2.12. The predicted molar refractivity (Wildman–Crippen MR) is 107 cm³/mol. The van der Waals surface area contributed by atoms with E-state index in [4.69, 9.17) is 14.2 Å². The first kappa shape index (κ1) is 26.7. The fourth-order valence-corrected chi connectivity index (χ4v) is 1.97. The lowest BCUT2D eigenvalue weighted by molar-refractivity contribution is -0.157. The lowest BCUT2D eigenvalue weighted by Crippen LogP contribution is -2.44. The number of hydrogen-bond acceptors (Lipinski definition) is 7. The molecule has 3 amide bonds. The van der Waals surface area contributed by atoms with Crippen molar-refractivity contribution in [2.75, 3.05) is 13.2 Å². The van der Waals surface area contributed by atoms with Gasteiger partial charge in [0, 0.05) is 6.42 Å². The fourth-order valence-electron chi connectivity index (χ4n) is 1.97. The van der Waals surface area contributed by atoms with Crippen molar-refractivity contribution in [1.82, 2.24) is 10.6 Å². The van der Waals surface area contributed by atoms with Gasteiger partial charge in [-0.05, 0) is 45.4 Å². The van der Waals surface area contributed by atoms with Crippen LogP contribution in [0.4, 0.5) is 9.59 Å².